The van der Waals surface area contributed by atoms with Crippen LogP contribution >= 0.6 is 0 Å². The van der Waals surface area contributed by atoms with Gasteiger partial charge in [-0.2, -0.15) is 0 Å². The van der Waals surface area contributed by atoms with Crippen molar-refractivity contribution in [2.45, 2.75) is 31.7 Å². The molecule has 84 valence electrons. The van der Waals surface area contributed by atoms with Gasteiger partial charge in [-0.15, -0.1) is 0 Å². The molecule has 1 saturated heterocycles. The van der Waals surface area contributed by atoms with Crippen molar-refractivity contribution in [1.29, 1.82) is 0 Å². The third-order valence-corrected chi connectivity index (χ3v) is 3.57. The summed E-state index contributed by atoms with van der Waals surface area (Å²) in [5.41, 5.74) is 5.94. The van der Waals surface area contributed by atoms with E-state index >= 15 is 0 Å². The molecule has 1 heterocycles. The van der Waals surface area contributed by atoms with Gasteiger partial charge in [-0.1, -0.05) is 6.42 Å². The van der Waals surface area contributed by atoms with Gasteiger partial charge in [-0.25, -0.2) is 0 Å². The van der Waals surface area contributed by atoms with Crippen LogP contribution in [0, 0.1) is 0 Å². The van der Waals surface area contributed by atoms with E-state index in [0.717, 1.165) is 31.8 Å². The highest BCUT2D eigenvalue weighted by molar-refractivity contribution is 7.84. The molecule has 0 saturated carbocycles. The highest BCUT2D eigenvalue weighted by Crippen LogP contribution is 2.09. The van der Waals surface area contributed by atoms with Crippen LogP contribution in [0.5, 0.6) is 0 Å². The Bertz CT molecular complexity index is 187. The molecular formula is C10H22N2OS. The molecule has 0 aliphatic carbocycles. The molecule has 0 aromatic heterocycles. The van der Waals surface area contributed by atoms with E-state index in [9.17, 15) is 4.21 Å². The normalized spacial score (nSPS) is 28.0. The first-order chi connectivity index (χ1) is 6.68. The van der Waals surface area contributed by atoms with Crippen LogP contribution in [0.15, 0.2) is 0 Å². The lowest BCUT2D eigenvalue weighted by molar-refractivity contribution is 0.251. The first kappa shape index (κ1) is 12.1. The predicted molar refractivity (Wildman–Crippen MR) is 61.8 cm³/mol. The topological polar surface area (TPSA) is 46.3 Å². The van der Waals surface area contributed by atoms with Crippen molar-refractivity contribution in [2.75, 3.05) is 31.6 Å². The van der Waals surface area contributed by atoms with Gasteiger partial charge in [0.05, 0.1) is 0 Å². The third-order valence-electron chi connectivity index (χ3n) is 2.81. The quantitative estimate of drug-likeness (QED) is 0.753. The van der Waals surface area contributed by atoms with Gasteiger partial charge < -0.3 is 10.6 Å². The third kappa shape index (κ3) is 5.08. The van der Waals surface area contributed by atoms with Crippen LogP contribution in [0.2, 0.25) is 0 Å². The van der Waals surface area contributed by atoms with E-state index in [2.05, 4.69) is 4.90 Å². The number of rotatable bonds is 3. The Hall–Kier alpha value is 0.0700. The summed E-state index contributed by atoms with van der Waals surface area (Å²) in [6.45, 7) is 3.21. The lowest BCUT2D eigenvalue weighted by atomic mass is 10.0. The van der Waals surface area contributed by atoms with Crippen molar-refractivity contribution >= 4 is 10.8 Å². The highest BCUT2D eigenvalue weighted by Gasteiger charge is 2.12. The largest absolute Gasteiger partial charge is 0.328 e. The average Bonchev–Trinajstić information content (AvgIpc) is 2.11. The number of likely N-dealkylation sites (tertiary alicyclic amines) is 1. The SMILES string of the molecule is CS(=O)CCN1CCCCC(N)CC1. The average molecular weight is 218 g/mol. The molecular weight excluding hydrogens is 196 g/mol. The minimum absolute atomic E-state index is 0.380. The van der Waals surface area contributed by atoms with E-state index < -0.39 is 10.8 Å². The van der Waals surface area contributed by atoms with Crippen molar-refractivity contribution in [1.82, 2.24) is 4.90 Å². The summed E-state index contributed by atoms with van der Waals surface area (Å²) < 4.78 is 11.0. The van der Waals surface area contributed by atoms with Crippen molar-refractivity contribution < 1.29 is 4.21 Å². The fourth-order valence-corrected chi connectivity index (χ4v) is 2.34. The lowest BCUT2D eigenvalue weighted by Crippen LogP contribution is -2.35. The van der Waals surface area contributed by atoms with Crippen LogP contribution in [-0.2, 0) is 10.8 Å². The second kappa shape index (κ2) is 6.53. The van der Waals surface area contributed by atoms with Crippen LogP contribution in [0.4, 0.5) is 0 Å². The van der Waals surface area contributed by atoms with E-state index in [1.165, 1.54) is 19.3 Å². The summed E-state index contributed by atoms with van der Waals surface area (Å²) >= 11 is 0. The molecule has 14 heavy (non-hydrogen) atoms. The Morgan fingerprint density at radius 2 is 2.14 bits per heavy atom. The zero-order chi connectivity index (χ0) is 10.4. The Labute approximate surface area is 89.5 Å². The van der Waals surface area contributed by atoms with Crippen LogP contribution < -0.4 is 5.73 Å². The fourth-order valence-electron chi connectivity index (χ4n) is 1.83. The van der Waals surface area contributed by atoms with Crippen molar-refractivity contribution in [3.8, 4) is 0 Å². The maximum absolute atomic E-state index is 11.0. The minimum Gasteiger partial charge on any atom is -0.328 e. The zero-order valence-electron chi connectivity index (χ0n) is 9.08. The van der Waals surface area contributed by atoms with Crippen molar-refractivity contribution in [2.24, 2.45) is 5.73 Å². The monoisotopic (exact) mass is 218 g/mol. The second-order valence-electron chi connectivity index (χ2n) is 4.16. The number of nitrogens with zero attached hydrogens (tertiary/aromatic N) is 1. The van der Waals surface area contributed by atoms with Crippen LogP contribution in [0.3, 0.4) is 0 Å². The van der Waals surface area contributed by atoms with Gasteiger partial charge in [0, 0.05) is 35.4 Å². The van der Waals surface area contributed by atoms with Crippen molar-refractivity contribution in [3.63, 3.8) is 0 Å². The number of hydrogen-bond acceptors (Lipinski definition) is 3. The van der Waals surface area contributed by atoms with Gasteiger partial charge in [-0.05, 0) is 32.4 Å². The van der Waals surface area contributed by atoms with Crippen LogP contribution in [0.1, 0.15) is 25.7 Å². The molecule has 0 aromatic rings. The molecule has 0 radical (unpaired) electrons. The van der Waals surface area contributed by atoms with Crippen LogP contribution in [0.25, 0.3) is 0 Å². The first-order valence-corrected chi connectivity index (χ1v) is 7.19. The molecule has 1 aliphatic heterocycles. The lowest BCUT2D eigenvalue weighted by Gasteiger charge is -2.26. The summed E-state index contributed by atoms with van der Waals surface area (Å²) in [7, 11) is -0.659. The summed E-state index contributed by atoms with van der Waals surface area (Å²) in [5.74, 6) is 0.801. The smallest absolute Gasteiger partial charge is 0.0359 e. The van der Waals surface area contributed by atoms with Gasteiger partial charge in [0.15, 0.2) is 0 Å². The van der Waals surface area contributed by atoms with E-state index in [-0.39, 0.29) is 0 Å². The van der Waals surface area contributed by atoms with Crippen LogP contribution in [-0.4, -0.2) is 46.8 Å². The molecule has 3 nitrogen and oxygen atoms in total. The summed E-state index contributed by atoms with van der Waals surface area (Å²) in [5, 5.41) is 0. The molecule has 4 heteroatoms. The molecule has 1 fully saturated rings. The number of nitrogens with two attached hydrogens (primary N) is 1. The van der Waals surface area contributed by atoms with Gasteiger partial charge in [0.1, 0.15) is 0 Å². The van der Waals surface area contributed by atoms with Crippen molar-refractivity contribution in [3.05, 3.63) is 0 Å². The molecule has 1 rings (SSSR count). The number of hydrogen-bond donors (Lipinski definition) is 1. The summed E-state index contributed by atoms with van der Waals surface area (Å²) in [6.07, 6.45) is 6.52. The van der Waals surface area contributed by atoms with E-state index in [0.29, 0.717) is 6.04 Å². The second-order valence-corrected chi connectivity index (χ2v) is 5.72. The summed E-state index contributed by atoms with van der Waals surface area (Å²) in [4.78, 5) is 2.40. The molecule has 0 aromatic carbocycles. The minimum atomic E-state index is -0.659. The van der Waals surface area contributed by atoms with Gasteiger partial charge >= 0.3 is 0 Å². The molecule has 0 amide bonds. The Morgan fingerprint density at radius 3 is 2.86 bits per heavy atom. The molecule has 1 aliphatic rings. The molecule has 0 bridgehead atoms. The predicted octanol–water partition coefficient (Wildman–Crippen LogP) is 0.568. The maximum Gasteiger partial charge on any atom is 0.0359 e. The fraction of sp³-hybridized carbons (Fsp3) is 1.00. The van der Waals surface area contributed by atoms with Gasteiger partial charge in [-0.3, -0.25) is 4.21 Å². The van der Waals surface area contributed by atoms with E-state index in [4.69, 9.17) is 5.73 Å². The van der Waals surface area contributed by atoms with Gasteiger partial charge in [0.2, 0.25) is 0 Å². The summed E-state index contributed by atoms with van der Waals surface area (Å²) in [6, 6.07) is 0.380. The molecule has 2 unspecified atom stereocenters. The molecule has 0 spiro atoms. The van der Waals surface area contributed by atoms with E-state index in [1.807, 2.05) is 0 Å². The Balaban J connectivity index is 2.24. The highest BCUT2D eigenvalue weighted by atomic mass is 32.2. The molecule has 2 atom stereocenters. The first-order valence-electron chi connectivity index (χ1n) is 5.46. The maximum atomic E-state index is 11.0. The Kier molecular flexibility index (Phi) is 5.67. The molecule has 2 N–H and O–H groups in total. The Morgan fingerprint density at radius 1 is 1.36 bits per heavy atom. The zero-order valence-corrected chi connectivity index (χ0v) is 9.89. The van der Waals surface area contributed by atoms with Gasteiger partial charge in [0.25, 0.3) is 0 Å². The standard InChI is InChI=1S/C10H22N2OS/c1-14(13)9-8-12-6-3-2-4-10(11)5-7-12/h10H,2-9,11H2,1H3. The van der Waals surface area contributed by atoms with E-state index in [1.54, 1.807) is 6.26 Å².